The van der Waals surface area contributed by atoms with Gasteiger partial charge in [0.05, 0.1) is 11.4 Å². The van der Waals surface area contributed by atoms with Gasteiger partial charge in [-0.15, -0.1) is 0 Å². The van der Waals surface area contributed by atoms with E-state index in [4.69, 9.17) is 11.6 Å². The number of hydrogen-bond acceptors (Lipinski definition) is 4. The molecule has 2 rings (SSSR count). The molecule has 0 saturated carbocycles. The number of phenols is 1. The molecule has 0 unspecified atom stereocenters. The van der Waals surface area contributed by atoms with E-state index in [0.29, 0.717) is 5.02 Å². The first-order valence-electron chi connectivity index (χ1n) is 6.86. The lowest BCUT2D eigenvalue weighted by atomic mass is 10.2. The highest BCUT2D eigenvalue weighted by molar-refractivity contribution is 6.40. The molecule has 0 fully saturated rings. The molecule has 3 N–H and O–H groups in total. The fourth-order valence-electron chi connectivity index (χ4n) is 2.11. The Labute approximate surface area is 138 Å². The molecule has 0 bridgehead atoms. The molecule has 1 heterocycles. The SMILES string of the molecule is Cc1nn(C)c(C)c1CNC(=O)C(=O)Nc1cc(Cl)ccc1O. The summed E-state index contributed by atoms with van der Waals surface area (Å²) in [5.74, 6) is -1.87. The predicted molar refractivity (Wildman–Crippen MR) is 86.3 cm³/mol. The summed E-state index contributed by atoms with van der Waals surface area (Å²) in [6.07, 6.45) is 0. The number of amides is 2. The van der Waals surface area contributed by atoms with Gasteiger partial charge in [-0.25, -0.2) is 0 Å². The minimum Gasteiger partial charge on any atom is -0.506 e. The van der Waals surface area contributed by atoms with E-state index in [1.807, 2.05) is 20.9 Å². The molecule has 0 aliphatic heterocycles. The largest absolute Gasteiger partial charge is 0.506 e. The molecule has 122 valence electrons. The Morgan fingerprint density at radius 1 is 1.30 bits per heavy atom. The number of aromatic nitrogens is 2. The number of carbonyl (C=O) groups is 2. The normalized spacial score (nSPS) is 10.4. The van der Waals surface area contributed by atoms with Gasteiger partial charge >= 0.3 is 11.8 Å². The van der Waals surface area contributed by atoms with Crippen molar-refractivity contribution in [2.24, 2.45) is 7.05 Å². The zero-order valence-corrected chi connectivity index (χ0v) is 13.7. The molecule has 7 nitrogen and oxygen atoms in total. The zero-order valence-electron chi connectivity index (χ0n) is 13.0. The van der Waals surface area contributed by atoms with Crippen LogP contribution in [0.15, 0.2) is 18.2 Å². The van der Waals surface area contributed by atoms with Crippen molar-refractivity contribution in [1.82, 2.24) is 15.1 Å². The van der Waals surface area contributed by atoms with Gasteiger partial charge in [-0.1, -0.05) is 11.6 Å². The lowest BCUT2D eigenvalue weighted by Gasteiger charge is -2.08. The van der Waals surface area contributed by atoms with E-state index in [1.165, 1.54) is 18.2 Å². The Hall–Kier alpha value is -2.54. The molecule has 1 aromatic heterocycles. The minimum atomic E-state index is -0.887. The van der Waals surface area contributed by atoms with Crippen LogP contribution in [0.5, 0.6) is 5.75 Å². The van der Waals surface area contributed by atoms with Crippen LogP contribution in [-0.4, -0.2) is 26.7 Å². The second kappa shape index (κ2) is 6.70. The molecule has 0 aliphatic carbocycles. The number of anilines is 1. The quantitative estimate of drug-likeness (QED) is 0.586. The number of benzene rings is 1. The van der Waals surface area contributed by atoms with Gasteiger partial charge in [0.15, 0.2) is 0 Å². The molecule has 0 saturated heterocycles. The third-order valence-corrected chi connectivity index (χ3v) is 3.73. The average molecular weight is 337 g/mol. The summed E-state index contributed by atoms with van der Waals surface area (Å²) in [4.78, 5) is 23.8. The van der Waals surface area contributed by atoms with Gasteiger partial charge in [0, 0.05) is 29.9 Å². The standard InChI is InChI=1S/C15H17ClN4O3/c1-8-11(9(2)20(3)19-8)7-17-14(22)15(23)18-12-6-10(16)4-5-13(12)21/h4-6,21H,7H2,1-3H3,(H,17,22)(H,18,23). The predicted octanol–water partition coefficient (Wildman–Crippen LogP) is 1.65. The fourth-order valence-corrected chi connectivity index (χ4v) is 2.28. The lowest BCUT2D eigenvalue weighted by Crippen LogP contribution is -2.35. The Bertz CT molecular complexity index is 770. The van der Waals surface area contributed by atoms with Crippen LogP contribution in [0.4, 0.5) is 5.69 Å². The van der Waals surface area contributed by atoms with Crippen LogP contribution < -0.4 is 10.6 Å². The van der Waals surface area contributed by atoms with Gasteiger partial charge in [0.1, 0.15) is 5.75 Å². The number of nitrogens with one attached hydrogen (secondary N) is 2. The van der Waals surface area contributed by atoms with E-state index in [0.717, 1.165) is 17.0 Å². The first-order valence-corrected chi connectivity index (χ1v) is 7.24. The van der Waals surface area contributed by atoms with Crippen LogP contribution >= 0.6 is 11.6 Å². The van der Waals surface area contributed by atoms with Crippen molar-refractivity contribution in [3.8, 4) is 5.75 Å². The smallest absolute Gasteiger partial charge is 0.313 e. The number of carbonyl (C=O) groups excluding carboxylic acids is 2. The highest BCUT2D eigenvalue weighted by atomic mass is 35.5. The van der Waals surface area contributed by atoms with E-state index >= 15 is 0 Å². The number of halogens is 1. The maximum absolute atomic E-state index is 11.9. The number of phenolic OH excluding ortho intramolecular Hbond substituents is 1. The van der Waals surface area contributed by atoms with Crippen molar-refractivity contribution in [1.29, 1.82) is 0 Å². The third kappa shape index (κ3) is 3.81. The molecule has 2 amide bonds. The maximum atomic E-state index is 11.9. The van der Waals surface area contributed by atoms with Crippen molar-refractivity contribution >= 4 is 29.1 Å². The maximum Gasteiger partial charge on any atom is 0.313 e. The number of nitrogens with zero attached hydrogens (tertiary/aromatic N) is 2. The second-order valence-electron chi connectivity index (χ2n) is 5.07. The van der Waals surface area contributed by atoms with Crippen LogP contribution in [0.3, 0.4) is 0 Å². The fraction of sp³-hybridized carbons (Fsp3) is 0.267. The summed E-state index contributed by atoms with van der Waals surface area (Å²) in [6, 6.07) is 4.16. The van der Waals surface area contributed by atoms with Gasteiger partial charge in [0.25, 0.3) is 0 Å². The average Bonchev–Trinajstić information content (AvgIpc) is 2.73. The topological polar surface area (TPSA) is 96.2 Å². The Morgan fingerprint density at radius 3 is 2.61 bits per heavy atom. The van der Waals surface area contributed by atoms with Crippen LogP contribution in [0, 0.1) is 13.8 Å². The Kier molecular flexibility index (Phi) is 4.90. The number of aryl methyl sites for hydroxylation is 2. The summed E-state index contributed by atoms with van der Waals surface area (Å²) in [7, 11) is 1.81. The summed E-state index contributed by atoms with van der Waals surface area (Å²) in [5, 5.41) is 19.1. The molecule has 1 aromatic carbocycles. The highest BCUT2D eigenvalue weighted by Crippen LogP contribution is 2.26. The van der Waals surface area contributed by atoms with Crippen molar-refractivity contribution in [3.05, 3.63) is 40.2 Å². The summed E-state index contributed by atoms with van der Waals surface area (Å²) < 4.78 is 1.71. The first kappa shape index (κ1) is 16.8. The van der Waals surface area contributed by atoms with Gasteiger partial charge in [-0.3, -0.25) is 14.3 Å². The van der Waals surface area contributed by atoms with Crippen LogP contribution in [0.25, 0.3) is 0 Å². The molecule has 8 heteroatoms. The monoisotopic (exact) mass is 336 g/mol. The third-order valence-electron chi connectivity index (χ3n) is 3.50. The van der Waals surface area contributed by atoms with Crippen LogP contribution in [-0.2, 0) is 23.2 Å². The Balaban J connectivity index is 2.00. The summed E-state index contributed by atoms with van der Waals surface area (Å²) in [5.41, 5.74) is 2.64. The van der Waals surface area contributed by atoms with E-state index in [1.54, 1.807) is 4.68 Å². The van der Waals surface area contributed by atoms with Crippen molar-refractivity contribution in [2.45, 2.75) is 20.4 Å². The van der Waals surface area contributed by atoms with Crippen LogP contribution in [0.2, 0.25) is 5.02 Å². The second-order valence-corrected chi connectivity index (χ2v) is 5.51. The molecule has 0 atom stereocenters. The van der Waals surface area contributed by atoms with Crippen molar-refractivity contribution in [2.75, 3.05) is 5.32 Å². The number of aromatic hydroxyl groups is 1. The molecular weight excluding hydrogens is 320 g/mol. The number of rotatable bonds is 3. The molecular formula is C15H17ClN4O3. The molecule has 0 spiro atoms. The number of hydrogen-bond donors (Lipinski definition) is 3. The molecule has 0 aliphatic rings. The molecule has 23 heavy (non-hydrogen) atoms. The summed E-state index contributed by atoms with van der Waals surface area (Å²) in [6.45, 7) is 3.91. The Morgan fingerprint density at radius 2 is 2.00 bits per heavy atom. The van der Waals surface area contributed by atoms with E-state index in [9.17, 15) is 14.7 Å². The van der Waals surface area contributed by atoms with E-state index in [2.05, 4.69) is 15.7 Å². The zero-order chi connectivity index (χ0) is 17.1. The molecule has 0 radical (unpaired) electrons. The lowest BCUT2D eigenvalue weighted by molar-refractivity contribution is -0.136. The van der Waals surface area contributed by atoms with Gasteiger partial charge in [0.2, 0.25) is 0 Å². The van der Waals surface area contributed by atoms with Gasteiger partial charge in [-0.2, -0.15) is 5.10 Å². The highest BCUT2D eigenvalue weighted by Gasteiger charge is 2.17. The van der Waals surface area contributed by atoms with E-state index < -0.39 is 11.8 Å². The van der Waals surface area contributed by atoms with E-state index in [-0.39, 0.29) is 18.0 Å². The van der Waals surface area contributed by atoms with Crippen molar-refractivity contribution in [3.63, 3.8) is 0 Å². The minimum absolute atomic E-state index is 0.0754. The van der Waals surface area contributed by atoms with Gasteiger partial charge < -0.3 is 15.7 Å². The first-order chi connectivity index (χ1) is 10.8. The van der Waals surface area contributed by atoms with Gasteiger partial charge in [-0.05, 0) is 32.0 Å². The molecule has 2 aromatic rings. The summed E-state index contributed by atoms with van der Waals surface area (Å²) >= 11 is 5.79. The van der Waals surface area contributed by atoms with Crippen LogP contribution in [0.1, 0.15) is 17.0 Å². The van der Waals surface area contributed by atoms with Crippen molar-refractivity contribution < 1.29 is 14.7 Å².